The summed E-state index contributed by atoms with van der Waals surface area (Å²) in [5.74, 6) is 1.59. The maximum atomic E-state index is 12.2. The summed E-state index contributed by atoms with van der Waals surface area (Å²) in [7, 11) is 3.90. The van der Waals surface area contributed by atoms with E-state index in [4.69, 9.17) is 0 Å². The Labute approximate surface area is 141 Å². The van der Waals surface area contributed by atoms with Crippen LogP contribution in [0.3, 0.4) is 0 Å². The second kappa shape index (κ2) is 7.20. The van der Waals surface area contributed by atoms with Crippen LogP contribution < -0.4 is 15.1 Å². The van der Waals surface area contributed by atoms with Gasteiger partial charge in [0.05, 0.1) is 0 Å². The van der Waals surface area contributed by atoms with Crippen LogP contribution >= 0.6 is 0 Å². The van der Waals surface area contributed by atoms with Gasteiger partial charge < -0.3 is 15.1 Å². The molecule has 2 aromatic rings. The fourth-order valence-electron chi connectivity index (χ4n) is 2.74. The van der Waals surface area contributed by atoms with Crippen LogP contribution in [0.15, 0.2) is 31.0 Å². The molecule has 8 nitrogen and oxygen atoms in total. The fraction of sp³-hybridized carbons (Fsp3) is 0.438. The summed E-state index contributed by atoms with van der Waals surface area (Å²) in [6.45, 7) is 1.64. The molecule has 3 rings (SSSR count). The maximum absolute atomic E-state index is 12.2. The highest BCUT2D eigenvalue weighted by molar-refractivity contribution is 5.92. The average molecular weight is 327 g/mol. The largest absolute Gasteiger partial charge is 0.363 e. The van der Waals surface area contributed by atoms with Crippen LogP contribution in [-0.2, 0) is 0 Å². The Morgan fingerprint density at radius 1 is 1.29 bits per heavy atom. The number of piperidine rings is 1. The predicted octanol–water partition coefficient (Wildman–Crippen LogP) is 0.731. The van der Waals surface area contributed by atoms with Crippen LogP contribution in [0.4, 0.5) is 11.6 Å². The van der Waals surface area contributed by atoms with Crippen molar-refractivity contribution < 1.29 is 4.79 Å². The number of carbonyl (C=O) groups excluding carboxylic acids is 1. The second-order valence-corrected chi connectivity index (χ2v) is 5.98. The van der Waals surface area contributed by atoms with E-state index in [-0.39, 0.29) is 11.9 Å². The molecule has 2 aromatic heterocycles. The third-order valence-corrected chi connectivity index (χ3v) is 3.99. The molecule has 0 aliphatic carbocycles. The van der Waals surface area contributed by atoms with Gasteiger partial charge in [-0.05, 0) is 18.9 Å². The summed E-state index contributed by atoms with van der Waals surface area (Å²) in [6.07, 6.45) is 6.47. The molecule has 1 N–H and O–H groups in total. The third-order valence-electron chi connectivity index (χ3n) is 3.99. The van der Waals surface area contributed by atoms with Crippen molar-refractivity contribution in [2.45, 2.75) is 18.9 Å². The van der Waals surface area contributed by atoms with Crippen LogP contribution in [0.2, 0.25) is 0 Å². The first-order chi connectivity index (χ1) is 11.6. The first-order valence-electron chi connectivity index (χ1n) is 7.94. The molecule has 1 atom stereocenters. The summed E-state index contributed by atoms with van der Waals surface area (Å²) < 4.78 is 0. The molecule has 0 bridgehead atoms. The highest BCUT2D eigenvalue weighted by atomic mass is 16.1. The Morgan fingerprint density at radius 2 is 2.17 bits per heavy atom. The van der Waals surface area contributed by atoms with Gasteiger partial charge in [-0.15, -0.1) is 0 Å². The minimum atomic E-state index is -0.166. The van der Waals surface area contributed by atoms with Crippen molar-refractivity contribution in [1.29, 1.82) is 0 Å². The van der Waals surface area contributed by atoms with Crippen molar-refractivity contribution in [1.82, 2.24) is 25.3 Å². The maximum Gasteiger partial charge on any atom is 0.270 e. The van der Waals surface area contributed by atoms with E-state index in [0.717, 1.165) is 37.6 Å². The van der Waals surface area contributed by atoms with Gasteiger partial charge in [0.25, 0.3) is 5.91 Å². The van der Waals surface area contributed by atoms with Crippen molar-refractivity contribution in [2.24, 2.45) is 0 Å². The Morgan fingerprint density at radius 3 is 2.92 bits per heavy atom. The summed E-state index contributed by atoms with van der Waals surface area (Å²) in [5, 5.41) is 3.05. The van der Waals surface area contributed by atoms with E-state index in [2.05, 4.69) is 30.2 Å². The zero-order chi connectivity index (χ0) is 16.9. The van der Waals surface area contributed by atoms with Crippen molar-refractivity contribution >= 4 is 17.5 Å². The smallest absolute Gasteiger partial charge is 0.270 e. The van der Waals surface area contributed by atoms with Crippen molar-refractivity contribution in [3.05, 3.63) is 36.7 Å². The summed E-state index contributed by atoms with van der Waals surface area (Å²) in [5.41, 5.74) is 0.388. The van der Waals surface area contributed by atoms with E-state index < -0.39 is 0 Å². The van der Waals surface area contributed by atoms with E-state index in [1.807, 2.05) is 25.1 Å². The lowest BCUT2D eigenvalue weighted by Crippen LogP contribution is -2.48. The number of aromatic nitrogens is 4. The quantitative estimate of drug-likeness (QED) is 0.886. The zero-order valence-electron chi connectivity index (χ0n) is 13.9. The van der Waals surface area contributed by atoms with Crippen LogP contribution in [0.5, 0.6) is 0 Å². The molecule has 3 heterocycles. The SMILES string of the molecule is CN(C)c1cc(N2CCCC(NC(=O)c3ccncn3)C2)ncn1. The molecular weight excluding hydrogens is 306 g/mol. The number of nitrogens with one attached hydrogen (secondary N) is 1. The molecule has 8 heteroatoms. The molecule has 126 valence electrons. The summed E-state index contributed by atoms with van der Waals surface area (Å²) >= 11 is 0. The summed E-state index contributed by atoms with van der Waals surface area (Å²) in [6, 6.07) is 3.65. The number of hydrogen-bond donors (Lipinski definition) is 1. The standard InChI is InChI=1S/C16H21N7O/c1-22(2)14-8-15(20-11-19-14)23-7-3-4-12(9-23)21-16(24)13-5-6-17-10-18-13/h5-6,8,10-12H,3-4,7,9H2,1-2H3,(H,21,24). The number of anilines is 2. The number of carbonyl (C=O) groups is 1. The summed E-state index contributed by atoms with van der Waals surface area (Å²) in [4.78, 5) is 32.8. The fourth-order valence-corrected chi connectivity index (χ4v) is 2.74. The Bertz CT molecular complexity index is 692. The molecule has 1 aliphatic rings. The van der Waals surface area contributed by atoms with Gasteiger partial charge in [0, 0.05) is 45.5 Å². The Kier molecular flexibility index (Phi) is 4.83. The first-order valence-corrected chi connectivity index (χ1v) is 7.94. The minimum absolute atomic E-state index is 0.0685. The minimum Gasteiger partial charge on any atom is -0.363 e. The lowest BCUT2D eigenvalue weighted by atomic mass is 10.1. The molecule has 0 aromatic carbocycles. The molecule has 1 aliphatic heterocycles. The van der Waals surface area contributed by atoms with Gasteiger partial charge in [0.2, 0.25) is 0 Å². The van der Waals surface area contributed by atoms with Gasteiger partial charge in [-0.1, -0.05) is 0 Å². The third kappa shape index (κ3) is 3.76. The van der Waals surface area contributed by atoms with Crippen LogP contribution in [0.25, 0.3) is 0 Å². The van der Waals surface area contributed by atoms with E-state index in [0.29, 0.717) is 5.69 Å². The number of hydrogen-bond acceptors (Lipinski definition) is 7. The van der Waals surface area contributed by atoms with E-state index in [1.165, 1.54) is 6.33 Å². The second-order valence-electron chi connectivity index (χ2n) is 5.98. The lowest BCUT2D eigenvalue weighted by molar-refractivity contribution is 0.0928. The van der Waals surface area contributed by atoms with Crippen molar-refractivity contribution in [3.8, 4) is 0 Å². The average Bonchev–Trinajstić information content (AvgIpc) is 2.63. The predicted molar refractivity (Wildman–Crippen MR) is 91.1 cm³/mol. The van der Waals surface area contributed by atoms with Gasteiger partial charge in [-0.25, -0.2) is 19.9 Å². The van der Waals surface area contributed by atoms with Crippen molar-refractivity contribution in [3.63, 3.8) is 0 Å². The van der Waals surface area contributed by atoms with Gasteiger partial charge in [-0.3, -0.25) is 4.79 Å². The number of amides is 1. The monoisotopic (exact) mass is 327 g/mol. The highest BCUT2D eigenvalue weighted by Crippen LogP contribution is 2.20. The molecular formula is C16H21N7O. The van der Waals surface area contributed by atoms with Crippen molar-refractivity contribution in [2.75, 3.05) is 37.0 Å². The van der Waals surface area contributed by atoms with Crippen LogP contribution in [-0.4, -0.2) is 59.1 Å². The first kappa shape index (κ1) is 16.1. The normalized spacial score (nSPS) is 17.4. The highest BCUT2D eigenvalue weighted by Gasteiger charge is 2.23. The molecule has 24 heavy (non-hydrogen) atoms. The van der Waals surface area contributed by atoms with E-state index in [9.17, 15) is 4.79 Å². The molecule has 1 amide bonds. The zero-order valence-corrected chi connectivity index (χ0v) is 13.9. The Balaban J connectivity index is 1.66. The Hall–Kier alpha value is -2.77. The lowest BCUT2D eigenvalue weighted by Gasteiger charge is -2.34. The van der Waals surface area contributed by atoms with Gasteiger partial charge in [0.15, 0.2) is 0 Å². The van der Waals surface area contributed by atoms with Crippen LogP contribution in [0.1, 0.15) is 23.3 Å². The number of nitrogens with zero attached hydrogens (tertiary/aromatic N) is 6. The topological polar surface area (TPSA) is 87.1 Å². The van der Waals surface area contributed by atoms with E-state index in [1.54, 1.807) is 18.6 Å². The number of rotatable bonds is 4. The van der Waals surface area contributed by atoms with E-state index >= 15 is 0 Å². The van der Waals surface area contributed by atoms with Gasteiger partial charge in [0.1, 0.15) is 30.0 Å². The van der Waals surface area contributed by atoms with Gasteiger partial charge >= 0.3 is 0 Å². The molecule has 1 saturated heterocycles. The van der Waals surface area contributed by atoms with Crippen LogP contribution in [0, 0.1) is 0 Å². The van der Waals surface area contributed by atoms with Gasteiger partial charge in [-0.2, -0.15) is 0 Å². The molecule has 0 radical (unpaired) electrons. The molecule has 0 spiro atoms. The molecule has 0 saturated carbocycles. The molecule has 1 fully saturated rings. The molecule has 1 unspecified atom stereocenters.